The second kappa shape index (κ2) is 8.54. The highest BCUT2D eigenvalue weighted by Gasteiger charge is 2.14. The standard InChI is InChI=1S/C15H14N5O5P/c21-15(11-4-2-1-3-5-11)19-13-12-14(17-8-16-13)20(9-18-12)6-7-24-10-25-26(22)23/h1-5,8-9H,6-7,10H2,(H-,16,17,19,21,22,23)/p+1. The molecule has 1 atom stereocenters. The molecule has 0 saturated carbocycles. The Bertz CT molecular complexity index is 917. The number of ether oxygens (including phenoxy) is 1. The Hall–Kier alpha value is -2.78. The molecular weight excluding hydrogens is 361 g/mol. The van der Waals surface area contributed by atoms with Crippen LogP contribution in [-0.2, 0) is 20.4 Å². The van der Waals surface area contributed by atoms with Crippen molar-refractivity contribution in [3.63, 3.8) is 0 Å². The maximum Gasteiger partial charge on any atom is 0.697 e. The quantitative estimate of drug-likeness (QED) is 0.345. The average molecular weight is 376 g/mol. The van der Waals surface area contributed by atoms with Crippen LogP contribution in [0.25, 0.3) is 11.2 Å². The first-order valence-electron chi connectivity index (χ1n) is 7.54. The van der Waals surface area contributed by atoms with E-state index < -0.39 is 8.25 Å². The molecule has 26 heavy (non-hydrogen) atoms. The summed E-state index contributed by atoms with van der Waals surface area (Å²) in [6.45, 7) is 0.335. The number of amides is 1. The Morgan fingerprint density at radius 3 is 2.81 bits per heavy atom. The fourth-order valence-corrected chi connectivity index (χ4v) is 2.37. The van der Waals surface area contributed by atoms with Gasteiger partial charge in [0.25, 0.3) is 5.91 Å². The van der Waals surface area contributed by atoms with Crippen LogP contribution in [0.4, 0.5) is 5.82 Å². The molecule has 10 nitrogen and oxygen atoms in total. The molecule has 11 heteroatoms. The van der Waals surface area contributed by atoms with Gasteiger partial charge in [-0.3, -0.25) is 4.79 Å². The zero-order valence-electron chi connectivity index (χ0n) is 13.5. The van der Waals surface area contributed by atoms with Gasteiger partial charge in [0.2, 0.25) is 6.79 Å². The molecule has 2 aromatic heterocycles. The van der Waals surface area contributed by atoms with Crippen molar-refractivity contribution in [1.29, 1.82) is 0 Å². The summed E-state index contributed by atoms with van der Waals surface area (Å²) < 4.78 is 21.6. The Balaban J connectivity index is 1.68. The highest BCUT2D eigenvalue weighted by molar-refractivity contribution is 7.32. The first-order valence-corrected chi connectivity index (χ1v) is 8.67. The molecule has 0 aliphatic heterocycles. The smallest absolute Gasteiger partial charge is 0.349 e. The molecule has 2 heterocycles. The Morgan fingerprint density at radius 2 is 2.04 bits per heavy atom. The molecule has 1 amide bonds. The summed E-state index contributed by atoms with van der Waals surface area (Å²) in [5.74, 6) is 0.0166. The molecule has 0 spiro atoms. The maximum atomic E-state index is 12.3. The van der Waals surface area contributed by atoms with Gasteiger partial charge in [0.05, 0.1) is 12.9 Å². The van der Waals surface area contributed by atoms with Gasteiger partial charge in [0.1, 0.15) is 6.33 Å². The van der Waals surface area contributed by atoms with Gasteiger partial charge in [-0.2, -0.15) is 0 Å². The van der Waals surface area contributed by atoms with Crippen LogP contribution in [0, 0.1) is 0 Å². The normalized spacial score (nSPS) is 11.5. The van der Waals surface area contributed by atoms with E-state index in [1.165, 1.54) is 6.33 Å². The highest BCUT2D eigenvalue weighted by Crippen LogP contribution is 2.18. The number of benzene rings is 1. The van der Waals surface area contributed by atoms with E-state index in [0.717, 1.165) is 0 Å². The van der Waals surface area contributed by atoms with Crippen molar-refractivity contribution in [2.75, 3.05) is 18.7 Å². The topological polar surface area (TPSA) is 128 Å². The minimum absolute atomic E-state index is 0.227. The molecule has 1 unspecified atom stereocenters. The summed E-state index contributed by atoms with van der Waals surface area (Å²) in [6, 6.07) is 8.77. The summed E-state index contributed by atoms with van der Waals surface area (Å²) in [7, 11) is -2.68. The molecule has 1 aromatic carbocycles. The molecule has 3 aromatic rings. The van der Waals surface area contributed by atoms with Gasteiger partial charge >= 0.3 is 8.25 Å². The number of nitrogens with one attached hydrogen (secondary N) is 1. The number of imidazole rings is 1. The molecule has 3 rings (SSSR count). The van der Waals surface area contributed by atoms with Crippen molar-refractivity contribution in [1.82, 2.24) is 19.5 Å². The first kappa shape index (κ1) is 18.0. The second-order valence-electron chi connectivity index (χ2n) is 5.05. The molecule has 0 fully saturated rings. The second-order valence-corrected chi connectivity index (χ2v) is 5.78. The van der Waals surface area contributed by atoms with E-state index in [4.69, 9.17) is 9.63 Å². The molecule has 0 aliphatic carbocycles. The number of carbonyl (C=O) groups excluding carboxylic acids is 1. The van der Waals surface area contributed by atoms with Crippen LogP contribution in [0.2, 0.25) is 0 Å². The average Bonchev–Trinajstić information content (AvgIpc) is 3.06. The van der Waals surface area contributed by atoms with Gasteiger partial charge in [-0.05, 0) is 12.1 Å². The van der Waals surface area contributed by atoms with Crippen LogP contribution >= 0.6 is 8.25 Å². The van der Waals surface area contributed by atoms with Crippen molar-refractivity contribution >= 4 is 31.1 Å². The van der Waals surface area contributed by atoms with Gasteiger partial charge in [0.15, 0.2) is 17.0 Å². The van der Waals surface area contributed by atoms with E-state index in [-0.39, 0.29) is 19.3 Å². The Morgan fingerprint density at radius 1 is 1.23 bits per heavy atom. The number of fused-ring (bicyclic) bond motifs is 1. The summed E-state index contributed by atoms with van der Waals surface area (Å²) >= 11 is 0. The lowest BCUT2D eigenvalue weighted by molar-refractivity contribution is 0.0106. The molecule has 2 N–H and O–H groups in total. The lowest BCUT2D eigenvalue weighted by Crippen LogP contribution is -2.13. The van der Waals surface area contributed by atoms with Gasteiger partial charge in [-0.25, -0.2) is 15.0 Å². The van der Waals surface area contributed by atoms with Crippen LogP contribution < -0.4 is 5.32 Å². The number of carbonyl (C=O) groups is 1. The van der Waals surface area contributed by atoms with Crippen molar-refractivity contribution in [3.05, 3.63) is 48.5 Å². The largest absolute Gasteiger partial charge is 0.697 e. The third-order valence-electron chi connectivity index (χ3n) is 3.39. The maximum absolute atomic E-state index is 12.3. The predicted molar refractivity (Wildman–Crippen MR) is 91.4 cm³/mol. The third-order valence-corrected chi connectivity index (χ3v) is 3.72. The van der Waals surface area contributed by atoms with Crippen LogP contribution in [0.1, 0.15) is 10.4 Å². The van der Waals surface area contributed by atoms with E-state index in [0.29, 0.717) is 29.1 Å². The lowest BCUT2D eigenvalue weighted by atomic mass is 10.2. The van der Waals surface area contributed by atoms with Crippen molar-refractivity contribution < 1.29 is 23.5 Å². The Kier molecular flexibility index (Phi) is 5.92. The number of aromatic nitrogens is 4. The van der Waals surface area contributed by atoms with Gasteiger partial charge < -0.3 is 14.6 Å². The molecule has 0 saturated heterocycles. The zero-order chi connectivity index (χ0) is 18.4. The molecular formula is C15H15N5O5P+. The van der Waals surface area contributed by atoms with Gasteiger partial charge in [-0.15, -0.1) is 4.89 Å². The molecule has 0 radical (unpaired) electrons. The number of rotatable bonds is 8. The fourth-order valence-electron chi connectivity index (χ4n) is 2.21. The number of anilines is 1. The van der Waals surface area contributed by atoms with E-state index in [1.807, 2.05) is 6.07 Å². The van der Waals surface area contributed by atoms with Crippen LogP contribution in [0.15, 0.2) is 43.0 Å². The van der Waals surface area contributed by atoms with Gasteiger partial charge in [0, 0.05) is 16.7 Å². The SMILES string of the molecule is O=C(Nc1ncnc2c1ncn2CCOCO[P+](=O)O)c1ccccc1. The molecule has 134 valence electrons. The molecule has 0 aliphatic rings. The number of hydrogen-bond donors (Lipinski definition) is 2. The van der Waals surface area contributed by atoms with Crippen molar-refractivity contribution in [2.24, 2.45) is 0 Å². The zero-order valence-corrected chi connectivity index (χ0v) is 14.4. The summed E-state index contributed by atoms with van der Waals surface area (Å²) in [6.07, 6.45) is 2.88. The number of nitrogens with zero attached hydrogens (tertiary/aromatic N) is 4. The summed E-state index contributed by atoms with van der Waals surface area (Å²) in [5.41, 5.74) is 1.49. The third kappa shape index (κ3) is 4.44. The minimum atomic E-state index is -2.68. The van der Waals surface area contributed by atoms with E-state index in [1.54, 1.807) is 35.2 Å². The minimum Gasteiger partial charge on any atom is -0.349 e. The highest BCUT2D eigenvalue weighted by atomic mass is 31.1. The van der Waals surface area contributed by atoms with E-state index in [2.05, 4.69) is 24.8 Å². The van der Waals surface area contributed by atoms with Crippen molar-refractivity contribution in [2.45, 2.75) is 6.54 Å². The number of hydrogen-bond acceptors (Lipinski definition) is 7. The lowest BCUT2D eigenvalue weighted by Gasteiger charge is -2.06. The van der Waals surface area contributed by atoms with Crippen molar-refractivity contribution in [3.8, 4) is 0 Å². The first-order chi connectivity index (χ1) is 12.6. The van der Waals surface area contributed by atoms with E-state index >= 15 is 0 Å². The summed E-state index contributed by atoms with van der Waals surface area (Å²) in [4.78, 5) is 33.3. The summed E-state index contributed by atoms with van der Waals surface area (Å²) in [5, 5.41) is 2.73. The monoisotopic (exact) mass is 376 g/mol. The van der Waals surface area contributed by atoms with Crippen LogP contribution in [0.5, 0.6) is 0 Å². The predicted octanol–water partition coefficient (Wildman–Crippen LogP) is 1.72. The molecule has 0 bridgehead atoms. The van der Waals surface area contributed by atoms with Gasteiger partial charge in [-0.1, -0.05) is 22.7 Å². The van der Waals surface area contributed by atoms with Crippen LogP contribution in [0.3, 0.4) is 0 Å². The van der Waals surface area contributed by atoms with E-state index in [9.17, 15) is 9.36 Å². The Labute approximate surface area is 148 Å². The fraction of sp³-hybridized carbons (Fsp3) is 0.200. The van der Waals surface area contributed by atoms with Crippen LogP contribution in [-0.4, -0.2) is 43.7 Å².